The average Bonchev–Trinajstić information content (AvgIpc) is 2.60. The summed E-state index contributed by atoms with van der Waals surface area (Å²) in [6.45, 7) is 3.77. The topological polar surface area (TPSA) is 64.6 Å². The first kappa shape index (κ1) is 18.8. The highest BCUT2D eigenvalue weighted by Gasteiger charge is 2.17. The minimum atomic E-state index is -0.547. The smallest absolute Gasteiger partial charge is 0.326 e. The highest BCUT2D eigenvalue weighted by atomic mass is 35.5. The number of ether oxygens (including phenoxy) is 2. The SMILES string of the molecule is CCOc1ccccc1C(=O)NCC(=O)O[C@H](C)c1ccccc1Cl. The Labute approximate surface area is 151 Å². The number of nitrogens with one attached hydrogen (secondary N) is 1. The predicted octanol–water partition coefficient (Wildman–Crippen LogP) is 3.77. The zero-order valence-electron chi connectivity index (χ0n) is 14.1. The fraction of sp³-hybridized carbons (Fsp3) is 0.263. The average molecular weight is 362 g/mol. The van der Waals surface area contributed by atoms with Gasteiger partial charge in [0.15, 0.2) is 0 Å². The lowest BCUT2D eigenvalue weighted by atomic mass is 10.1. The van der Waals surface area contributed by atoms with Crippen molar-refractivity contribution < 1.29 is 19.1 Å². The number of esters is 1. The minimum absolute atomic E-state index is 0.242. The third kappa shape index (κ3) is 5.22. The number of carbonyl (C=O) groups excluding carboxylic acids is 2. The minimum Gasteiger partial charge on any atom is -0.493 e. The van der Waals surface area contributed by atoms with Crippen molar-refractivity contribution in [2.45, 2.75) is 20.0 Å². The van der Waals surface area contributed by atoms with Crippen LogP contribution in [0.5, 0.6) is 5.75 Å². The van der Waals surface area contributed by atoms with Crippen LogP contribution in [0.1, 0.15) is 35.9 Å². The normalized spacial score (nSPS) is 11.5. The number of carbonyl (C=O) groups is 2. The third-order valence-corrected chi connectivity index (χ3v) is 3.82. The Morgan fingerprint density at radius 2 is 1.80 bits per heavy atom. The van der Waals surface area contributed by atoms with Crippen LogP contribution in [-0.2, 0) is 9.53 Å². The van der Waals surface area contributed by atoms with Crippen molar-refractivity contribution >= 4 is 23.5 Å². The molecule has 5 nitrogen and oxygen atoms in total. The standard InChI is InChI=1S/C19H20ClNO4/c1-3-24-17-11-7-5-9-15(17)19(23)21-12-18(22)25-13(2)14-8-4-6-10-16(14)20/h4-11,13H,3,12H2,1-2H3,(H,21,23)/t13-/m1/s1. The van der Waals surface area contributed by atoms with Gasteiger partial charge in [-0.2, -0.15) is 0 Å². The van der Waals surface area contributed by atoms with Crippen molar-refractivity contribution in [2.24, 2.45) is 0 Å². The van der Waals surface area contributed by atoms with Gasteiger partial charge in [0.25, 0.3) is 5.91 Å². The monoisotopic (exact) mass is 361 g/mol. The van der Waals surface area contributed by atoms with Crippen LogP contribution in [0.2, 0.25) is 5.02 Å². The van der Waals surface area contributed by atoms with Crippen LogP contribution in [0.25, 0.3) is 0 Å². The molecule has 2 rings (SSSR count). The molecule has 132 valence electrons. The van der Waals surface area contributed by atoms with E-state index in [9.17, 15) is 9.59 Å². The van der Waals surface area contributed by atoms with E-state index < -0.39 is 18.0 Å². The second-order valence-electron chi connectivity index (χ2n) is 5.27. The molecule has 0 saturated carbocycles. The van der Waals surface area contributed by atoms with Gasteiger partial charge in [0, 0.05) is 10.6 Å². The molecule has 0 bridgehead atoms. The molecule has 0 unspecified atom stereocenters. The molecule has 0 aliphatic heterocycles. The summed E-state index contributed by atoms with van der Waals surface area (Å²) in [7, 11) is 0. The zero-order valence-corrected chi connectivity index (χ0v) is 14.9. The molecule has 2 aromatic carbocycles. The van der Waals surface area contributed by atoms with E-state index in [4.69, 9.17) is 21.1 Å². The van der Waals surface area contributed by atoms with Gasteiger partial charge in [-0.15, -0.1) is 0 Å². The Bertz CT molecular complexity index is 748. The van der Waals surface area contributed by atoms with Gasteiger partial charge in [-0.3, -0.25) is 9.59 Å². The maximum absolute atomic E-state index is 12.2. The van der Waals surface area contributed by atoms with E-state index in [2.05, 4.69) is 5.32 Å². The van der Waals surface area contributed by atoms with Gasteiger partial charge in [0.1, 0.15) is 18.4 Å². The molecule has 0 aliphatic rings. The summed E-state index contributed by atoms with van der Waals surface area (Å²) in [6.07, 6.45) is -0.506. The molecule has 1 atom stereocenters. The lowest BCUT2D eigenvalue weighted by molar-refractivity contribution is -0.147. The summed E-state index contributed by atoms with van der Waals surface area (Å²) in [5.41, 5.74) is 1.09. The Kier molecular flexibility index (Phi) is 6.83. The van der Waals surface area contributed by atoms with Crippen LogP contribution >= 0.6 is 11.6 Å². The second-order valence-corrected chi connectivity index (χ2v) is 5.67. The van der Waals surface area contributed by atoms with Crippen LogP contribution in [0.15, 0.2) is 48.5 Å². The molecule has 0 aliphatic carbocycles. The van der Waals surface area contributed by atoms with Gasteiger partial charge in [-0.1, -0.05) is 41.9 Å². The van der Waals surface area contributed by atoms with E-state index in [1.165, 1.54) is 0 Å². The summed E-state index contributed by atoms with van der Waals surface area (Å²) in [5, 5.41) is 3.07. The fourth-order valence-electron chi connectivity index (χ4n) is 2.29. The van der Waals surface area contributed by atoms with Crippen molar-refractivity contribution in [3.05, 3.63) is 64.7 Å². The van der Waals surface area contributed by atoms with Crippen molar-refractivity contribution in [3.8, 4) is 5.75 Å². The molecule has 1 amide bonds. The number of hydrogen-bond donors (Lipinski definition) is 1. The predicted molar refractivity (Wildman–Crippen MR) is 95.9 cm³/mol. The van der Waals surface area contributed by atoms with Crippen LogP contribution < -0.4 is 10.1 Å². The molecule has 6 heteroatoms. The quantitative estimate of drug-likeness (QED) is 0.762. The largest absolute Gasteiger partial charge is 0.493 e. The third-order valence-electron chi connectivity index (χ3n) is 3.48. The summed E-state index contributed by atoms with van der Waals surface area (Å²) >= 11 is 6.08. The lowest BCUT2D eigenvalue weighted by Gasteiger charge is -2.15. The second kappa shape index (κ2) is 9.08. The highest BCUT2D eigenvalue weighted by molar-refractivity contribution is 6.31. The van der Waals surface area contributed by atoms with E-state index in [1.54, 1.807) is 49.4 Å². The van der Waals surface area contributed by atoms with Gasteiger partial charge < -0.3 is 14.8 Å². The number of hydrogen-bond acceptors (Lipinski definition) is 4. The Balaban J connectivity index is 1.92. The van der Waals surface area contributed by atoms with Crippen LogP contribution in [0.4, 0.5) is 0 Å². The van der Waals surface area contributed by atoms with Gasteiger partial charge in [0.2, 0.25) is 0 Å². The number of para-hydroxylation sites is 1. The van der Waals surface area contributed by atoms with Gasteiger partial charge in [-0.25, -0.2) is 0 Å². The molecular weight excluding hydrogens is 342 g/mol. The van der Waals surface area contributed by atoms with Gasteiger partial charge in [-0.05, 0) is 32.0 Å². The van der Waals surface area contributed by atoms with E-state index in [0.717, 1.165) is 0 Å². The molecule has 0 spiro atoms. The summed E-state index contributed by atoms with van der Waals surface area (Å²) in [6, 6.07) is 14.0. The zero-order chi connectivity index (χ0) is 18.2. The highest BCUT2D eigenvalue weighted by Crippen LogP contribution is 2.25. The molecule has 0 radical (unpaired) electrons. The van der Waals surface area contributed by atoms with E-state index in [1.807, 2.05) is 13.0 Å². The van der Waals surface area contributed by atoms with E-state index in [-0.39, 0.29) is 6.54 Å². The van der Waals surface area contributed by atoms with Gasteiger partial charge in [0.05, 0.1) is 12.2 Å². The van der Waals surface area contributed by atoms with Crippen LogP contribution in [0, 0.1) is 0 Å². The number of halogens is 1. The molecule has 25 heavy (non-hydrogen) atoms. The van der Waals surface area contributed by atoms with Crippen molar-refractivity contribution in [2.75, 3.05) is 13.2 Å². The lowest BCUT2D eigenvalue weighted by Crippen LogP contribution is -2.31. The first-order valence-electron chi connectivity index (χ1n) is 7.96. The number of rotatable bonds is 7. The van der Waals surface area contributed by atoms with E-state index >= 15 is 0 Å². The molecule has 0 heterocycles. The Hall–Kier alpha value is -2.53. The maximum Gasteiger partial charge on any atom is 0.326 e. The number of amides is 1. The molecule has 0 saturated heterocycles. The Morgan fingerprint density at radius 1 is 1.12 bits per heavy atom. The summed E-state index contributed by atoms with van der Waals surface area (Å²) in [5.74, 6) is -0.471. The molecule has 2 aromatic rings. The van der Waals surface area contributed by atoms with Crippen molar-refractivity contribution in [3.63, 3.8) is 0 Å². The van der Waals surface area contributed by atoms with Gasteiger partial charge >= 0.3 is 5.97 Å². The van der Waals surface area contributed by atoms with Crippen LogP contribution in [-0.4, -0.2) is 25.0 Å². The molecule has 0 aromatic heterocycles. The Morgan fingerprint density at radius 3 is 2.52 bits per heavy atom. The first-order chi connectivity index (χ1) is 12.0. The summed E-state index contributed by atoms with van der Waals surface area (Å²) in [4.78, 5) is 24.2. The first-order valence-corrected chi connectivity index (χ1v) is 8.34. The van der Waals surface area contributed by atoms with Crippen molar-refractivity contribution in [1.29, 1.82) is 0 Å². The molecule has 0 fully saturated rings. The van der Waals surface area contributed by atoms with Crippen molar-refractivity contribution in [1.82, 2.24) is 5.32 Å². The molecular formula is C19H20ClNO4. The fourth-order valence-corrected chi connectivity index (χ4v) is 2.58. The molecule has 1 N–H and O–H groups in total. The van der Waals surface area contributed by atoms with E-state index in [0.29, 0.717) is 28.5 Å². The van der Waals surface area contributed by atoms with Crippen LogP contribution in [0.3, 0.4) is 0 Å². The maximum atomic E-state index is 12.2. The summed E-state index contributed by atoms with van der Waals surface area (Å²) < 4.78 is 10.7. The number of benzene rings is 2.